The van der Waals surface area contributed by atoms with Gasteiger partial charge in [-0.15, -0.1) is 0 Å². The van der Waals surface area contributed by atoms with Crippen LogP contribution in [0.1, 0.15) is 27.9 Å². The second kappa shape index (κ2) is 7.55. The first kappa shape index (κ1) is 17.3. The van der Waals surface area contributed by atoms with Crippen molar-refractivity contribution in [1.82, 2.24) is 14.4 Å². The summed E-state index contributed by atoms with van der Waals surface area (Å²) < 4.78 is 1.87. The number of hydrogen-bond donors (Lipinski definition) is 0. The van der Waals surface area contributed by atoms with Crippen LogP contribution in [0, 0.1) is 6.92 Å². The van der Waals surface area contributed by atoms with E-state index in [1.807, 2.05) is 39.9 Å². The van der Waals surface area contributed by atoms with Crippen molar-refractivity contribution in [3.05, 3.63) is 59.4 Å². The van der Waals surface area contributed by atoms with Crippen LogP contribution in [0.4, 0.5) is 0 Å². The summed E-state index contributed by atoms with van der Waals surface area (Å²) in [4.78, 5) is 28.6. The molecular formula is C20H25N3O2. The lowest BCUT2D eigenvalue weighted by molar-refractivity contribution is -0.132. The predicted octanol–water partition coefficient (Wildman–Crippen LogP) is 2.25. The molecule has 5 nitrogen and oxygen atoms in total. The van der Waals surface area contributed by atoms with E-state index in [1.54, 1.807) is 0 Å². The van der Waals surface area contributed by atoms with E-state index in [0.29, 0.717) is 38.2 Å². The topological polar surface area (TPSA) is 45.6 Å². The van der Waals surface area contributed by atoms with Gasteiger partial charge in [-0.2, -0.15) is 0 Å². The summed E-state index contributed by atoms with van der Waals surface area (Å²) >= 11 is 0. The molecule has 0 N–H and O–H groups in total. The fraction of sp³-hybridized carbons (Fsp3) is 0.400. The first-order valence-corrected chi connectivity index (χ1v) is 8.77. The summed E-state index contributed by atoms with van der Waals surface area (Å²) in [6.07, 6.45) is 5.00. The Morgan fingerprint density at radius 2 is 1.60 bits per heavy atom. The minimum Gasteiger partial charge on any atom is -0.356 e. The zero-order valence-corrected chi connectivity index (χ0v) is 14.9. The van der Waals surface area contributed by atoms with Crippen molar-refractivity contribution in [3.63, 3.8) is 0 Å². The Hall–Kier alpha value is -2.56. The van der Waals surface area contributed by atoms with Crippen molar-refractivity contribution in [1.29, 1.82) is 0 Å². The van der Waals surface area contributed by atoms with Crippen LogP contribution in [-0.4, -0.2) is 52.4 Å². The number of aromatic nitrogens is 1. The van der Waals surface area contributed by atoms with Crippen molar-refractivity contribution >= 4 is 11.8 Å². The van der Waals surface area contributed by atoms with Crippen LogP contribution < -0.4 is 0 Å². The number of amides is 2. The molecule has 1 fully saturated rings. The van der Waals surface area contributed by atoms with Gasteiger partial charge in [-0.25, -0.2) is 0 Å². The number of aryl methyl sites for hydroxylation is 3. The van der Waals surface area contributed by atoms with Crippen molar-refractivity contribution in [2.75, 3.05) is 26.2 Å². The molecule has 3 rings (SSSR count). The zero-order chi connectivity index (χ0) is 17.8. The number of benzene rings is 1. The molecule has 1 aromatic heterocycles. The monoisotopic (exact) mass is 339 g/mol. The molecule has 1 aliphatic rings. The van der Waals surface area contributed by atoms with Gasteiger partial charge in [-0.05, 0) is 25.0 Å². The molecular weight excluding hydrogens is 314 g/mol. The van der Waals surface area contributed by atoms with E-state index in [-0.39, 0.29) is 11.8 Å². The van der Waals surface area contributed by atoms with E-state index in [0.717, 1.165) is 6.42 Å². The van der Waals surface area contributed by atoms with Crippen molar-refractivity contribution in [2.45, 2.75) is 19.8 Å². The van der Waals surface area contributed by atoms with Gasteiger partial charge in [0.15, 0.2) is 0 Å². The van der Waals surface area contributed by atoms with Gasteiger partial charge in [-0.1, -0.05) is 29.8 Å². The summed E-state index contributed by atoms with van der Waals surface area (Å²) in [6, 6.07) is 10.2. The van der Waals surface area contributed by atoms with Crippen LogP contribution in [0.5, 0.6) is 0 Å². The molecule has 5 heteroatoms. The molecule has 25 heavy (non-hydrogen) atoms. The number of carbonyl (C=O) groups is 2. The van der Waals surface area contributed by atoms with Crippen molar-refractivity contribution in [3.8, 4) is 0 Å². The van der Waals surface area contributed by atoms with Gasteiger partial charge < -0.3 is 14.4 Å². The number of hydrogen-bond acceptors (Lipinski definition) is 2. The lowest BCUT2D eigenvalue weighted by atomic mass is 10.1. The van der Waals surface area contributed by atoms with E-state index in [9.17, 15) is 9.59 Å². The highest BCUT2D eigenvalue weighted by Gasteiger charge is 2.24. The smallest absolute Gasteiger partial charge is 0.255 e. The first-order valence-electron chi connectivity index (χ1n) is 8.77. The molecule has 0 unspecified atom stereocenters. The fourth-order valence-electron chi connectivity index (χ4n) is 3.14. The first-order chi connectivity index (χ1) is 12.0. The largest absolute Gasteiger partial charge is 0.356 e. The minimum absolute atomic E-state index is 0.0485. The Balaban J connectivity index is 1.47. The van der Waals surface area contributed by atoms with E-state index >= 15 is 0 Å². The molecule has 0 atom stereocenters. The van der Waals surface area contributed by atoms with E-state index in [2.05, 4.69) is 31.2 Å². The van der Waals surface area contributed by atoms with E-state index in [1.165, 1.54) is 11.1 Å². The molecule has 2 aromatic rings. The van der Waals surface area contributed by atoms with Crippen LogP contribution in [-0.2, 0) is 18.3 Å². The fourth-order valence-corrected chi connectivity index (χ4v) is 3.14. The van der Waals surface area contributed by atoms with Crippen LogP contribution in [0.15, 0.2) is 42.7 Å². The molecule has 0 saturated carbocycles. The highest BCUT2D eigenvalue weighted by atomic mass is 16.2. The average Bonchev–Trinajstić information content (AvgIpc) is 3.07. The highest BCUT2D eigenvalue weighted by molar-refractivity contribution is 5.94. The molecule has 2 heterocycles. The quantitative estimate of drug-likeness (QED) is 0.858. The lowest BCUT2D eigenvalue weighted by Crippen LogP contribution is -2.50. The summed E-state index contributed by atoms with van der Waals surface area (Å²) in [5.41, 5.74) is 3.13. The summed E-state index contributed by atoms with van der Waals surface area (Å²) in [6.45, 7) is 4.50. The molecule has 0 aliphatic carbocycles. The molecule has 132 valence electrons. The maximum Gasteiger partial charge on any atom is 0.255 e. The Morgan fingerprint density at radius 3 is 2.20 bits per heavy atom. The predicted molar refractivity (Wildman–Crippen MR) is 97.4 cm³/mol. The second-order valence-electron chi connectivity index (χ2n) is 6.72. The van der Waals surface area contributed by atoms with Gasteiger partial charge in [0.1, 0.15) is 0 Å². The van der Waals surface area contributed by atoms with Gasteiger partial charge in [0.25, 0.3) is 5.91 Å². The molecule has 1 aromatic carbocycles. The molecule has 0 spiro atoms. The van der Waals surface area contributed by atoms with Crippen molar-refractivity contribution < 1.29 is 9.59 Å². The lowest BCUT2D eigenvalue weighted by Gasteiger charge is -2.34. The Bertz CT molecular complexity index is 741. The van der Waals surface area contributed by atoms with Gasteiger partial charge in [-0.3, -0.25) is 9.59 Å². The average molecular weight is 339 g/mol. The number of carbonyl (C=O) groups excluding carboxylic acids is 2. The Kier molecular flexibility index (Phi) is 5.22. The second-order valence-corrected chi connectivity index (χ2v) is 6.72. The van der Waals surface area contributed by atoms with Gasteiger partial charge in [0.05, 0.1) is 5.56 Å². The molecule has 0 bridgehead atoms. The number of piperazine rings is 1. The van der Waals surface area contributed by atoms with Gasteiger partial charge in [0.2, 0.25) is 5.91 Å². The molecule has 2 amide bonds. The third-order valence-corrected chi connectivity index (χ3v) is 4.75. The van der Waals surface area contributed by atoms with Crippen LogP contribution in [0.25, 0.3) is 0 Å². The highest BCUT2D eigenvalue weighted by Crippen LogP contribution is 2.12. The van der Waals surface area contributed by atoms with E-state index < -0.39 is 0 Å². The minimum atomic E-state index is 0.0485. The van der Waals surface area contributed by atoms with Gasteiger partial charge in [0, 0.05) is 52.0 Å². The number of nitrogens with zero attached hydrogens (tertiary/aromatic N) is 3. The third kappa shape index (κ3) is 4.29. The van der Waals surface area contributed by atoms with Crippen LogP contribution in [0.3, 0.4) is 0 Å². The Morgan fingerprint density at radius 1 is 0.960 bits per heavy atom. The maximum atomic E-state index is 12.4. The van der Waals surface area contributed by atoms with Crippen LogP contribution >= 0.6 is 0 Å². The standard InChI is InChI=1S/C20H25N3O2/c1-16-3-5-17(6-4-16)7-8-19(24)22-11-13-23(14-12-22)20(25)18-9-10-21(2)15-18/h3-6,9-10,15H,7-8,11-14H2,1-2H3. The number of rotatable bonds is 4. The molecule has 1 saturated heterocycles. The normalized spacial score (nSPS) is 14.6. The van der Waals surface area contributed by atoms with Crippen LogP contribution in [0.2, 0.25) is 0 Å². The molecule has 0 radical (unpaired) electrons. The Labute approximate surface area is 148 Å². The van der Waals surface area contributed by atoms with E-state index in [4.69, 9.17) is 0 Å². The molecule has 1 aliphatic heterocycles. The SMILES string of the molecule is Cc1ccc(CCC(=O)N2CCN(C(=O)c3ccn(C)c3)CC2)cc1. The zero-order valence-electron chi connectivity index (χ0n) is 14.9. The van der Waals surface area contributed by atoms with Crippen molar-refractivity contribution in [2.24, 2.45) is 7.05 Å². The summed E-state index contributed by atoms with van der Waals surface area (Å²) in [5.74, 6) is 0.222. The summed E-state index contributed by atoms with van der Waals surface area (Å²) in [7, 11) is 1.90. The maximum absolute atomic E-state index is 12.4. The third-order valence-electron chi connectivity index (χ3n) is 4.75. The summed E-state index contributed by atoms with van der Waals surface area (Å²) in [5, 5.41) is 0. The van der Waals surface area contributed by atoms with Gasteiger partial charge >= 0.3 is 0 Å².